The molecule has 0 saturated heterocycles. The monoisotopic (exact) mass is 310 g/mol. The summed E-state index contributed by atoms with van der Waals surface area (Å²) < 4.78 is 39.9. The number of sulfonamides is 1. The molecule has 108 valence electrons. The first kappa shape index (κ1) is 16.2. The van der Waals surface area contributed by atoms with E-state index in [2.05, 4.69) is 4.72 Å². The third-order valence-electron chi connectivity index (χ3n) is 2.49. The number of nitrogen functional groups attached to an aromatic ring is 1. The summed E-state index contributed by atoms with van der Waals surface area (Å²) in [6, 6.07) is 2.12. The van der Waals surface area contributed by atoms with Crippen LogP contribution in [-0.2, 0) is 10.0 Å². The summed E-state index contributed by atoms with van der Waals surface area (Å²) in [5.41, 5.74) is 4.34. The second-order valence-electron chi connectivity index (χ2n) is 4.95. The number of halogens is 2. The molecular formula is C11H16ClFN2O3S. The molecule has 19 heavy (non-hydrogen) atoms. The summed E-state index contributed by atoms with van der Waals surface area (Å²) in [6.07, 6.45) is 0. The molecule has 0 fully saturated rings. The minimum atomic E-state index is -4.08. The van der Waals surface area contributed by atoms with Gasteiger partial charge >= 0.3 is 0 Å². The smallest absolute Gasteiger partial charge is 0.243 e. The van der Waals surface area contributed by atoms with Crippen molar-refractivity contribution in [1.29, 1.82) is 0 Å². The highest BCUT2D eigenvalue weighted by molar-refractivity contribution is 7.89. The van der Waals surface area contributed by atoms with Gasteiger partial charge in [-0.1, -0.05) is 25.4 Å². The summed E-state index contributed by atoms with van der Waals surface area (Å²) in [6.45, 7) is 3.07. The highest BCUT2D eigenvalue weighted by atomic mass is 35.5. The van der Waals surface area contributed by atoms with Gasteiger partial charge in [0.05, 0.1) is 5.69 Å². The topological polar surface area (TPSA) is 92.4 Å². The molecule has 0 atom stereocenters. The maximum absolute atomic E-state index is 13.7. The second kappa shape index (κ2) is 5.62. The molecular weight excluding hydrogens is 295 g/mol. The fourth-order valence-corrected chi connectivity index (χ4v) is 2.87. The van der Waals surface area contributed by atoms with E-state index in [-0.39, 0.29) is 23.9 Å². The van der Waals surface area contributed by atoms with E-state index in [4.69, 9.17) is 22.4 Å². The molecule has 0 saturated carbocycles. The Balaban J connectivity index is 3.08. The molecule has 0 aromatic heterocycles. The van der Waals surface area contributed by atoms with Crippen LogP contribution in [0.1, 0.15) is 13.8 Å². The Hall–Kier alpha value is -0.890. The molecule has 5 nitrogen and oxygen atoms in total. The average molecular weight is 311 g/mol. The van der Waals surface area contributed by atoms with Gasteiger partial charge in [0, 0.05) is 23.6 Å². The van der Waals surface area contributed by atoms with E-state index in [1.807, 2.05) is 0 Å². The molecule has 8 heteroatoms. The Labute approximate surface area is 116 Å². The minimum absolute atomic E-state index is 0.0284. The Morgan fingerprint density at radius 2 is 2.05 bits per heavy atom. The summed E-state index contributed by atoms with van der Waals surface area (Å²) in [7, 11) is -4.08. The van der Waals surface area contributed by atoms with Crippen molar-refractivity contribution in [3.05, 3.63) is 23.0 Å². The first-order valence-corrected chi connectivity index (χ1v) is 7.30. The molecule has 0 heterocycles. The lowest BCUT2D eigenvalue weighted by atomic mass is 9.96. The number of hydrogen-bond donors (Lipinski definition) is 3. The quantitative estimate of drug-likeness (QED) is 0.716. The van der Waals surface area contributed by atoms with Crippen molar-refractivity contribution in [3.63, 3.8) is 0 Å². The van der Waals surface area contributed by atoms with Crippen LogP contribution in [0.25, 0.3) is 0 Å². The van der Waals surface area contributed by atoms with Crippen LogP contribution < -0.4 is 10.5 Å². The molecule has 1 rings (SSSR count). The molecule has 0 unspecified atom stereocenters. The van der Waals surface area contributed by atoms with Crippen molar-refractivity contribution in [1.82, 2.24) is 4.72 Å². The first-order valence-electron chi connectivity index (χ1n) is 5.44. The largest absolute Gasteiger partial charge is 0.396 e. The maximum Gasteiger partial charge on any atom is 0.243 e. The minimum Gasteiger partial charge on any atom is -0.396 e. The third-order valence-corrected chi connectivity index (χ3v) is 4.11. The highest BCUT2D eigenvalue weighted by Gasteiger charge is 2.25. The SMILES string of the molecule is CC(C)(CO)CNS(=O)(=O)c1cc(Cl)cc(N)c1F. The zero-order chi connectivity index (χ0) is 14.8. The molecule has 0 amide bonds. The van der Waals surface area contributed by atoms with E-state index in [9.17, 15) is 12.8 Å². The highest BCUT2D eigenvalue weighted by Crippen LogP contribution is 2.25. The van der Waals surface area contributed by atoms with Crippen molar-refractivity contribution in [2.75, 3.05) is 18.9 Å². The molecule has 4 N–H and O–H groups in total. The Morgan fingerprint density at radius 1 is 1.47 bits per heavy atom. The Morgan fingerprint density at radius 3 is 2.58 bits per heavy atom. The summed E-state index contributed by atoms with van der Waals surface area (Å²) in [5, 5.41) is 9.08. The zero-order valence-electron chi connectivity index (χ0n) is 10.6. The van der Waals surface area contributed by atoms with Crippen molar-refractivity contribution >= 4 is 27.3 Å². The van der Waals surface area contributed by atoms with Gasteiger partial charge in [-0.15, -0.1) is 0 Å². The molecule has 0 aliphatic carbocycles. The van der Waals surface area contributed by atoms with Crippen LogP contribution in [0.3, 0.4) is 0 Å². The number of aliphatic hydroxyl groups is 1. The lowest BCUT2D eigenvalue weighted by Gasteiger charge is -2.22. The van der Waals surface area contributed by atoms with E-state index in [1.165, 1.54) is 0 Å². The average Bonchev–Trinajstić information content (AvgIpc) is 2.31. The predicted molar refractivity (Wildman–Crippen MR) is 71.9 cm³/mol. The van der Waals surface area contributed by atoms with Gasteiger partial charge in [-0.25, -0.2) is 17.5 Å². The van der Waals surface area contributed by atoms with E-state index < -0.39 is 26.2 Å². The molecule has 0 aliphatic rings. The summed E-state index contributed by atoms with van der Waals surface area (Å²) in [4.78, 5) is -0.605. The van der Waals surface area contributed by atoms with Gasteiger partial charge in [0.15, 0.2) is 5.82 Å². The fraction of sp³-hybridized carbons (Fsp3) is 0.455. The maximum atomic E-state index is 13.7. The van der Waals surface area contributed by atoms with Crippen LogP contribution in [0.2, 0.25) is 5.02 Å². The Kier molecular flexibility index (Phi) is 4.78. The van der Waals surface area contributed by atoms with Gasteiger partial charge in [0.1, 0.15) is 4.90 Å². The van der Waals surface area contributed by atoms with Gasteiger partial charge < -0.3 is 10.8 Å². The van der Waals surface area contributed by atoms with E-state index in [0.717, 1.165) is 12.1 Å². The van der Waals surface area contributed by atoms with Gasteiger partial charge in [0.2, 0.25) is 10.0 Å². The second-order valence-corrected chi connectivity index (χ2v) is 7.13. The number of benzene rings is 1. The number of nitrogens with two attached hydrogens (primary N) is 1. The van der Waals surface area contributed by atoms with Gasteiger partial charge in [0.25, 0.3) is 0 Å². The van der Waals surface area contributed by atoms with Crippen LogP contribution >= 0.6 is 11.6 Å². The molecule has 1 aromatic carbocycles. The lowest BCUT2D eigenvalue weighted by Crippen LogP contribution is -2.36. The van der Waals surface area contributed by atoms with Crippen LogP contribution in [-0.4, -0.2) is 26.7 Å². The molecule has 1 aromatic rings. The molecule has 0 spiro atoms. The van der Waals surface area contributed by atoms with Crippen molar-refractivity contribution in [3.8, 4) is 0 Å². The number of aliphatic hydroxyl groups excluding tert-OH is 1. The fourth-order valence-electron chi connectivity index (χ4n) is 1.20. The number of hydrogen-bond acceptors (Lipinski definition) is 4. The van der Waals surface area contributed by atoms with E-state index in [1.54, 1.807) is 13.8 Å². The van der Waals surface area contributed by atoms with Gasteiger partial charge in [-0.3, -0.25) is 0 Å². The first-order chi connectivity index (χ1) is 8.59. The zero-order valence-corrected chi connectivity index (χ0v) is 12.1. The van der Waals surface area contributed by atoms with Crippen LogP contribution in [0.4, 0.5) is 10.1 Å². The molecule has 0 bridgehead atoms. The Bertz CT molecular complexity index is 576. The number of nitrogens with one attached hydrogen (secondary N) is 1. The van der Waals surface area contributed by atoms with Crippen LogP contribution in [0.15, 0.2) is 17.0 Å². The van der Waals surface area contributed by atoms with Gasteiger partial charge in [-0.05, 0) is 12.1 Å². The third kappa shape index (κ3) is 4.04. The van der Waals surface area contributed by atoms with Crippen LogP contribution in [0, 0.1) is 11.2 Å². The molecule has 0 radical (unpaired) electrons. The van der Waals surface area contributed by atoms with Crippen molar-refractivity contribution < 1.29 is 17.9 Å². The molecule has 0 aliphatic heterocycles. The van der Waals surface area contributed by atoms with E-state index >= 15 is 0 Å². The number of anilines is 1. The van der Waals surface area contributed by atoms with E-state index in [0.29, 0.717) is 0 Å². The van der Waals surface area contributed by atoms with Gasteiger partial charge in [-0.2, -0.15) is 0 Å². The summed E-state index contributed by atoms with van der Waals surface area (Å²) in [5.74, 6) is -1.04. The van der Waals surface area contributed by atoms with Crippen LogP contribution in [0.5, 0.6) is 0 Å². The lowest BCUT2D eigenvalue weighted by molar-refractivity contribution is 0.163. The summed E-state index contributed by atoms with van der Waals surface area (Å²) >= 11 is 5.67. The predicted octanol–water partition coefficient (Wildman–Crippen LogP) is 1.36. The normalized spacial score (nSPS) is 12.7. The number of rotatable bonds is 5. The van der Waals surface area contributed by atoms with Crippen molar-refractivity contribution in [2.24, 2.45) is 5.41 Å². The van der Waals surface area contributed by atoms with Crippen molar-refractivity contribution in [2.45, 2.75) is 18.7 Å². The standard InChI is InChI=1S/C11H16ClFN2O3S/c1-11(2,6-16)5-15-19(17,18)9-4-7(12)3-8(14)10(9)13/h3-4,15-16H,5-6,14H2,1-2H3.